The van der Waals surface area contributed by atoms with Crippen molar-refractivity contribution in [2.75, 3.05) is 7.05 Å². The van der Waals surface area contributed by atoms with Gasteiger partial charge < -0.3 is 5.32 Å². The number of rotatable bonds is 4. The summed E-state index contributed by atoms with van der Waals surface area (Å²) in [6.07, 6.45) is 8.17. The topological polar surface area (TPSA) is 24.9 Å². The summed E-state index contributed by atoms with van der Waals surface area (Å²) >= 11 is 1.92. The molecule has 1 aromatic carbocycles. The molecule has 0 saturated heterocycles. The Kier molecular flexibility index (Phi) is 5.04. The van der Waals surface area contributed by atoms with Crippen LogP contribution in [0, 0.1) is 0 Å². The number of hydrogen-bond acceptors (Lipinski definition) is 3. The summed E-state index contributed by atoms with van der Waals surface area (Å²) in [5.41, 5.74) is 2.52. The summed E-state index contributed by atoms with van der Waals surface area (Å²) in [5.74, 6) is 0.686. The first kappa shape index (κ1) is 14.7. The van der Waals surface area contributed by atoms with E-state index in [4.69, 9.17) is 4.98 Å². The van der Waals surface area contributed by atoms with E-state index in [1.165, 1.54) is 59.7 Å². The molecule has 1 N–H and O–H groups in total. The molecule has 0 bridgehead atoms. The zero-order valence-electron chi connectivity index (χ0n) is 12.8. The molecular weight excluding hydrogens is 276 g/mol. The Labute approximate surface area is 131 Å². The molecule has 0 spiro atoms. The third kappa shape index (κ3) is 3.53. The molecule has 0 atom stereocenters. The molecule has 0 unspecified atom stereocenters. The number of benzene rings is 1. The van der Waals surface area contributed by atoms with Crippen LogP contribution in [0.1, 0.15) is 55.1 Å². The summed E-state index contributed by atoms with van der Waals surface area (Å²) in [6.45, 7) is 0.855. The summed E-state index contributed by atoms with van der Waals surface area (Å²) in [7, 11) is 2.00. The quantitative estimate of drug-likeness (QED) is 0.807. The molecule has 0 radical (unpaired) electrons. The highest BCUT2D eigenvalue weighted by Gasteiger charge is 2.20. The van der Waals surface area contributed by atoms with Crippen LogP contribution in [0.15, 0.2) is 30.3 Å². The van der Waals surface area contributed by atoms with E-state index in [0.717, 1.165) is 6.54 Å². The first-order chi connectivity index (χ1) is 10.4. The van der Waals surface area contributed by atoms with Gasteiger partial charge in [0.15, 0.2) is 0 Å². The number of thiazole rings is 1. The van der Waals surface area contributed by atoms with Crippen molar-refractivity contribution in [1.82, 2.24) is 10.3 Å². The van der Waals surface area contributed by atoms with Crippen molar-refractivity contribution in [2.45, 2.75) is 51.0 Å². The van der Waals surface area contributed by atoms with Crippen LogP contribution in [0.3, 0.4) is 0 Å². The predicted octanol–water partition coefficient (Wildman–Crippen LogP) is 4.97. The van der Waals surface area contributed by atoms with Gasteiger partial charge >= 0.3 is 0 Å². The van der Waals surface area contributed by atoms with Crippen molar-refractivity contribution < 1.29 is 0 Å². The van der Waals surface area contributed by atoms with E-state index in [-0.39, 0.29) is 0 Å². The van der Waals surface area contributed by atoms with Crippen molar-refractivity contribution in [1.29, 1.82) is 0 Å². The van der Waals surface area contributed by atoms with E-state index < -0.39 is 0 Å². The lowest BCUT2D eigenvalue weighted by atomic mass is 10.0. The predicted molar refractivity (Wildman–Crippen MR) is 90.8 cm³/mol. The standard InChI is InChI=1S/C18H24N2S/c1-19-13-16-17(14-9-7-4-8-10-14)21-18(20-16)15-11-5-2-3-6-12-15/h4,7-10,15,19H,2-3,5-6,11-13H2,1H3. The Morgan fingerprint density at radius 2 is 1.81 bits per heavy atom. The van der Waals surface area contributed by atoms with Crippen LogP contribution < -0.4 is 5.32 Å². The van der Waals surface area contributed by atoms with Crippen LogP contribution in [0.2, 0.25) is 0 Å². The first-order valence-corrected chi connectivity index (χ1v) is 8.89. The van der Waals surface area contributed by atoms with Gasteiger partial charge in [-0.25, -0.2) is 4.98 Å². The molecule has 2 nitrogen and oxygen atoms in total. The number of nitrogens with zero attached hydrogens (tertiary/aromatic N) is 1. The SMILES string of the molecule is CNCc1nc(C2CCCCCC2)sc1-c1ccccc1. The highest BCUT2D eigenvalue weighted by atomic mass is 32.1. The fourth-order valence-corrected chi connectivity index (χ4v) is 4.43. The van der Waals surface area contributed by atoms with Gasteiger partial charge in [0.25, 0.3) is 0 Å². The number of nitrogens with one attached hydrogen (secondary N) is 1. The van der Waals surface area contributed by atoms with E-state index in [2.05, 4.69) is 35.6 Å². The van der Waals surface area contributed by atoms with Crippen LogP contribution in [0.25, 0.3) is 10.4 Å². The fourth-order valence-electron chi connectivity index (χ4n) is 3.17. The van der Waals surface area contributed by atoms with Gasteiger partial charge in [-0.1, -0.05) is 56.0 Å². The third-order valence-electron chi connectivity index (χ3n) is 4.30. The summed E-state index contributed by atoms with van der Waals surface area (Å²) < 4.78 is 0. The summed E-state index contributed by atoms with van der Waals surface area (Å²) in [5, 5.41) is 4.63. The average molecular weight is 300 g/mol. The second-order valence-electron chi connectivity index (χ2n) is 5.91. The molecule has 21 heavy (non-hydrogen) atoms. The lowest BCUT2D eigenvalue weighted by Gasteiger charge is -2.09. The Hall–Kier alpha value is -1.19. The van der Waals surface area contributed by atoms with E-state index in [0.29, 0.717) is 5.92 Å². The monoisotopic (exact) mass is 300 g/mol. The van der Waals surface area contributed by atoms with Gasteiger partial charge in [0, 0.05) is 12.5 Å². The lowest BCUT2D eigenvalue weighted by Crippen LogP contribution is -2.07. The van der Waals surface area contributed by atoms with Crippen molar-refractivity contribution in [2.24, 2.45) is 0 Å². The van der Waals surface area contributed by atoms with Gasteiger partial charge in [0.05, 0.1) is 15.6 Å². The van der Waals surface area contributed by atoms with Crippen molar-refractivity contribution in [3.63, 3.8) is 0 Å². The van der Waals surface area contributed by atoms with Gasteiger partial charge in [-0.15, -0.1) is 11.3 Å². The third-order valence-corrected chi connectivity index (χ3v) is 5.61. The average Bonchev–Trinajstić information content (AvgIpc) is 2.75. The Morgan fingerprint density at radius 1 is 1.10 bits per heavy atom. The van der Waals surface area contributed by atoms with Gasteiger partial charge in [-0.3, -0.25) is 0 Å². The van der Waals surface area contributed by atoms with Crippen LogP contribution in [-0.2, 0) is 6.54 Å². The van der Waals surface area contributed by atoms with Crippen LogP contribution in [0.4, 0.5) is 0 Å². The maximum Gasteiger partial charge on any atom is 0.0966 e. The summed E-state index contributed by atoms with van der Waals surface area (Å²) in [6, 6.07) is 10.7. The van der Waals surface area contributed by atoms with Crippen LogP contribution in [-0.4, -0.2) is 12.0 Å². The smallest absolute Gasteiger partial charge is 0.0966 e. The molecule has 1 aliphatic carbocycles. The largest absolute Gasteiger partial charge is 0.314 e. The van der Waals surface area contributed by atoms with E-state index in [1.54, 1.807) is 0 Å². The van der Waals surface area contributed by atoms with Crippen molar-refractivity contribution in [3.8, 4) is 10.4 Å². The molecule has 1 aromatic heterocycles. The molecule has 112 valence electrons. The lowest BCUT2D eigenvalue weighted by molar-refractivity contribution is 0.586. The Bertz CT molecular complexity index is 554. The Balaban J connectivity index is 1.92. The van der Waals surface area contributed by atoms with Crippen LogP contribution in [0.5, 0.6) is 0 Å². The van der Waals surface area contributed by atoms with Gasteiger partial charge in [-0.05, 0) is 25.5 Å². The molecule has 1 saturated carbocycles. The minimum atomic E-state index is 0.686. The molecule has 0 amide bonds. The molecule has 3 heteroatoms. The second kappa shape index (κ2) is 7.19. The van der Waals surface area contributed by atoms with Crippen molar-refractivity contribution >= 4 is 11.3 Å². The minimum Gasteiger partial charge on any atom is -0.314 e. The Morgan fingerprint density at radius 3 is 2.48 bits per heavy atom. The zero-order chi connectivity index (χ0) is 14.5. The van der Waals surface area contributed by atoms with Gasteiger partial charge in [-0.2, -0.15) is 0 Å². The normalized spacial score (nSPS) is 16.8. The first-order valence-electron chi connectivity index (χ1n) is 8.08. The van der Waals surface area contributed by atoms with Crippen molar-refractivity contribution in [3.05, 3.63) is 41.0 Å². The highest BCUT2D eigenvalue weighted by molar-refractivity contribution is 7.15. The molecular formula is C18H24N2S. The molecule has 3 rings (SSSR count). The van der Waals surface area contributed by atoms with Gasteiger partial charge in [0.2, 0.25) is 0 Å². The maximum atomic E-state index is 5.00. The van der Waals surface area contributed by atoms with E-state index in [1.807, 2.05) is 18.4 Å². The second-order valence-corrected chi connectivity index (χ2v) is 6.94. The zero-order valence-corrected chi connectivity index (χ0v) is 13.6. The molecule has 1 aliphatic rings. The number of hydrogen-bond donors (Lipinski definition) is 1. The highest BCUT2D eigenvalue weighted by Crippen LogP contribution is 2.38. The van der Waals surface area contributed by atoms with Gasteiger partial charge in [0.1, 0.15) is 0 Å². The number of aromatic nitrogens is 1. The molecule has 0 aliphatic heterocycles. The molecule has 1 fully saturated rings. The minimum absolute atomic E-state index is 0.686. The fraction of sp³-hybridized carbons (Fsp3) is 0.500. The van der Waals surface area contributed by atoms with Crippen LogP contribution >= 0.6 is 11.3 Å². The van der Waals surface area contributed by atoms with E-state index in [9.17, 15) is 0 Å². The van der Waals surface area contributed by atoms with E-state index >= 15 is 0 Å². The molecule has 1 heterocycles. The summed E-state index contributed by atoms with van der Waals surface area (Å²) in [4.78, 5) is 6.35. The maximum absolute atomic E-state index is 5.00. The molecule has 2 aromatic rings.